The first-order valence-corrected chi connectivity index (χ1v) is 7.18. The molecule has 0 bridgehead atoms. The molecule has 4 nitrogen and oxygen atoms in total. The molecule has 0 heterocycles. The van der Waals surface area contributed by atoms with Gasteiger partial charge in [0, 0.05) is 39.4 Å². The van der Waals surface area contributed by atoms with Crippen LogP contribution in [0.3, 0.4) is 0 Å². The predicted molar refractivity (Wildman–Crippen MR) is 75.0 cm³/mol. The van der Waals surface area contributed by atoms with Crippen LogP contribution in [-0.2, 0) is 9.47 Å². The number of hydrogen-bond acceptors (Lipinski definition) is 4. The van der Waals surface area contributed by atoms with E-state index < -0.39 is 0 Å². The lowest BCUT2D eigenvalue weighted by Crippen LogP contribution is -2.48. The van der Waals surface area contributed by atoms with Gasteiger partial charge in [-0.05, 0) is 32.2 Å². The highest BCUT2D eigenvalue weighted by atomic mass is 16.5. The van der Waals surface area contributed by atoms with Gasteiger partial charge in [-0.1, -0.05) is 6.92 Å². The Kier molecular flexibility index (Phi) is 7.82. The molecule has 1 fully saturated rings. The Labute approximate surface area is 112 Å². The van der Waals surface area contributed by atoms with Crippen LogP contribution in [0.1, 0.15) is 26.7 Å². The molecule has 0 radical (unpaired) electrons. The molecule has 0 aromatic rings. The largest absolute Gasteiger partial charge is 0.383 e. The minimum Gasteiger partial charge on any atom is -0.383 e. The predicted octanol–water partition coefficient (Wildman–Crippen LogP) is 1.36. The second-order valence-electron chi connectivity index (χ2n) is 5.28. The van der Waals surface area contributed by atoms with Gasteiger partial charge in [-0.3, -0.25) is 4.90 Å². The molecule has 1 rings (SSSR count). The van der Waals surface area contributed by atoms with Gasteiger partial charge < -0.3 is 14.8 Å². The second-order valence-corrected chi connectivity index (χ2v) is 5.28. The maximum Gasteiger partial charge on any atom is 0.0628 e. The maximum absolute atomic E-state index is 5.30. The Hall–Kier alpha value is -0.160. The van der Waals surface area contributed by atoms with Gasteiger partial charge in [-0.15, -0.1) is 0 Å². The van der Waals surface area contributed by atoms with E-state index in [-0.39, 0.29) is 0 Å². The van der Waals surface area contributed by atoms with Crippen molar-refractivity contribution in [1.29, 1.82) is 0 Å². The smallest absolute Gasteiger partial charge is 0.0628 e. The van der Waals surface area contributed by atoms with Gasteiger partial charge in [-0.2, -0.15) is 0 Å². The molecule has 0 saturated heterocycles. The van der Waals surface area contributed by atoms with Crippen molar-refractivity contribution >= 4 is 0 Å². The Morgan fingerprint density at radius 3 is 2.50 bits per heavy atom. The lowest BCUT2D eigenvalue weighted by Gasteiger charge is -2.32. The number of nitrogens with zero attached hydrogens (tertiary/aromatic N) is 1. The highest BCUT2D eigenvalue weighted by Crippen LogP contribution is 2.35. The summed E-state index contributed by atoms with van der Waals surface area (Å²) >= 11 is 0. The van der Waals surface area contributed by atoms with E-state index in [0.29, 0.717) is 12.1 Å². The monoisotopic (exact) mass is 258 g/mol. The molecule has 0 amide bonds. The molecule has 4 heteroatoms. The summed E-state index contributed by atoms with van der Waals surface area (Å²) in [5.74, 6) is 0.895. The molecule has 0 aliphatic heterocycles. The van der Waals surface area contributed by atoms with Gasteiger partial charge in [0.05, 0.1) is 13.2 Å². The van der Waals surface area contributed by atoms with Crippen LogP contribution in [0, 0.1) is 5.92 Å². The highest BCUT2D eigenvalue weighted by Gasteiger charge is 2.32. The second kappa shape index (κ2) is 8.86. The van der Waals surface area contributed by atoms with Crippen molar-refractivity contribution in [2.24, 2.45) is 5.92 Å². The number of methoxy groups -OCH3 is 2. The molecule has 0 aromatic carbocycles. The third-order valence-electron chi connectivity index (χ3n) is 3.78. The molecule has 1 N–H and O–H groups in total. The van der Waals surface area contributed by atoms with Crippen LogP contribution in [0.4, 0.5) is 0 Å². The van der Waals surface area contributed by atoms with Crippen LogP contribution in [0.5, 0.6) is 0 Å². The van der Waals surface area contributed by atoms with E-state index in [1.54, 1.807) is 14.2 Å². The highest BCUT2D eigenvalue weighted by molar-refractivity contribution is 4.87. The Morgan fingerprint density at radius 1 is 1.28 bits per heavy atom. The normalized spacial score (nSPS) is 19.2. The summed E-state index contributed by atoms with van der Waals surface area (Å²) in [6, 6.07) is 1.08. The van der Waals surface area contributed by atoms with E-state index in [1.807, 2.05) is 0 Å². The van der Waals surface area contributed by atoms with Gasteiger partial charge >= 0.3 is 0 Å². The molecule has 2 unspecified atom stereocenters. The van der Waals surface area contributed by atoms with E-state index in [1.165, 1.54) is 12.8 Å². The van der Waals surface area contributed by atoms with Crippen molar-refractivity contribution in [1.82, 2.24) is 10.2 Å². The van der Waals surface area contributed by atoms with Crippen LogP contribution in [0.2, 0.25) is 0 Å². The first-order chi connectivity index (χ1) is 8.72. The first kappa shape index (κ1) is 15.9. The molecule has 1 saturated carbocycles. The molecular formula is C14H30N2O2. The summed E-state index contributed by atoms with van der Waals surface area (Å²) < 4.78 is 10.5. The van der Waals surface area contributed by atoms with Crippen LogP contribution in [0.15, 0.2) is 0 Å². The fourth-order valence-electron chi connectivity index (χ4n) is 2.50. The quantitative estimate of drug-likeness (QED) is 0.607. The van der Waals surface area contributed by atoms with Gasteiger partial charge in [0.1, 0.15) is 0 Å². The number of rotatable bonds is 11. The summed E-state index contributed by atoms with van der Waals surface area (Å²) in [7, 11) is 3.55. The summed E-state index contributed by atoms with van der Waals surface area (Å²) in [4.78, 5) is 2.55. The lowest BCUT2D eigenvalue weighted by molar-refractivity contribution is 0.0877. The number of nitrogens with one attached hydrogen (secondary N) is 1. The summed E-state index contributed by atoms with van der Waals surface area (Å²) in [6.45, 7) is 9.12. The van der Waals surface area contributed by atoms with Crippen LogP contribution >= 0.6 is 0 Å². The molecule has 1 aliphatic carbocycles. The zero-order chi connectivity index (χ0) is 13.4. The Bertz CT molecular complexity index is 204. The minimum absolute atomic E-state index is 0.415. The number of hydrogen-bond donors (Lipinski definition) is 1. The number of ether oxygens (including phenoxy) is 2. The standard InChI is InChI=1S/C14H30N2O2/c1-5-15-14(11-18-4)10-16(8-9-17-3)12(2)13-6-7-13/h12-15H,5-11H2,1-4H3. The topological polar surface area (TPSA) is 33.7 Å². The third-order valence-corrected chi connectivity index (χ3v) is 3.78. The van der Waals surface area contributed by atoms with E-state index in [2.05, 4.69) is 24.1 Å². The summed E-state index contributed by atoms with van der Waals surface area (Å²) in [5.41, 5.74) is 0. The molecule has 18 heavy (non-hydrogen) atoms. The van der Waals surface area contributed by atoms with E-state index in [0.717, 1.165) is 38.8 Å². The SMILES string of the molecule is CCNC(COC)CN(CCOC)C(C)C1CC1. The van der Waals surface area contributed by atoms with Gasteiger partial charge in [0.25, 0.3) is 0 Å². The van der Waals surface area contributed by atoms with E-state index in [4.69, 9.17) is 9.47 Å². The zero-order valence-corrected chi connectivity index (χ0v) is 12.4. The molecule has 0 aromatic heterocycles. The van der Waals surface area contributed by atoms with Crippen LogP contribution in [-0.4, -0.2) is 64.1 Å². The van der Waals surface area contributed by atoms with Crippen molar-refractivity contribution in [3.63, 3.8) is 0 Å². The summed E-state index contributed by atoms with van der Waals surface area (Å²) in [6.07, 6.45) is 2.78. The van der Waals surface area contributed by atoms with Crippen LogP contribution < -0.4 is 5.32 Å². The van der Waals surface area contributed by atoms with Crippen LogP contribution in [0.25, 0.3) is 0 Å². The van der Waals surface area contributed by atoms with Gasteiger partial charge in [0.2, 0.25) is 0 Å². The fourth-order valence-corrected chi connectivity index (χ4v) is 2.50. The lowest BCUT2D eigenvalue weighted by atomic mass is 10.1. The third kappa shape index (κ3) is 5.65. The molecule has 1 aliphatic rings. The molecule has 0 spiro atoms. The van der Waals surface area contributed by atoms with E-state index in [9.17, 15) is 0 Å². The van der Waals surface area contributed by atoms with Crippen molar-refractivity contribution in [3.05, 3.63) is 0 Å². The minimum atomic E-state index is 0.415. The Balaban J connectivity index is 2.45. The van der Waals surface area contributed by atoms with Crippen molar-refractivity contribution < 1.29 is 9.47 Å². The first-order valence-electron chi connectivity index (χ1n) is 7.18. The zero-order valence-electron chi connectivity index (χ0n) is 12.4. The van der Waals surface area contributed by atoms with Crippen molar-refractivity contribution in [3.8, 4) is 0 Å². The maximum atomic E-state index is 5.30. The van der Waals surface area contributed by atoms with Crippen molar-refractivity contribution in [2.75, 3.05) is 47.1 Å². The van der Waals surface area contributed by atoms with E-state index >= 15 is 0 Å². The van der Waals surface area contributed by atoms with Gasteiger partial charge in [0.15, 0.2) is 0 Å². The molecule has 108 valence electrons. The molecule has 2 atom stereocenters. The van der Waals surface area contributed by atoms with Crippen molar-refractivity contribution in [2.45, 2.75) is 38.8 Å². The Morgan fingerprint density at radius 2 is 2.00 bits per heavy atom. The fraction of sp³-hybridized carbons (Fsp3) is 1.00. The summed E-state index contributed by atoms with van der Waals surface area (Å²) in [5, 5.41) is 3.50. The molecular weight excluding hydrogens is 228 g/mol. The average Bonchev–Trinajstić information content (AvgIpc) is 3.18. The average molecular weight is 258 g/mol. The van der Waals surface area contributed by atoms with Gasteiger partial charge in [-0.25, -0.2) is 0 Å². The number of likely N-dealkylation sites (N-methyl/N-ethyl adjacent to an activating group) is 1.